The molecule has 4 nitrogen and oxygen atoms in total. The highest BCUT2D eigenvalue weighted by molar-refractivity contribution is 8.01. The zero-order chi connectivity index (χ0) is 17.1. The molecule has 2 aliphatic rings. The van der Waals surface area contributed by atoms with Crippen molar-refractivity contribution < 1.29 is 4.74 Å². The van der Waals surface area contributed by atoms with E-state index < -0.39 is 0 Å². The predicted molar refractivity (Wildman–Crippen MR) is 108 cm³/mol. The highest BCUT2D eigenvalue weighted by Crippen LogP contribution is 2.57. The van der Waals surface area contributed by atoms with Crippen molar-refractivity contribution in [2.75, 3.05) is 11.9 Å². The number of anilines is 2. The predicted octanol–water partition coefficient (Wildman–Crippen LogP) is 5.61. The number of nitrogens with zero attached hydrogens (tertiary/aromatic N) is 2. The molecule has 1 saturated carbocycles. The van der Waals surface area contributed by atoms with Gasteiger partial charge in [-0.05, 0) is 43.2 Å². The summed E-state index contributed by atoms with van der Waals surface area (Å²) in [6, 6.07) is 12.6. The van der Waals surface area contributed by atoms with Gasteiger partial charge in [0.2, 0.25) is 0 Å². The Morgan fingerprint density at radius 2 is 2.00 bits per heavy atom. The Kier molecular flexibility index (Phi) is 3.05. The Morgan fingerprint density at radius 1 is 1.04 bits per heavy atom. The van der Waals surface area contributed by atoms with Crippen LogP contribution in [0.25, 0.3) is 21.1 Å². The van der Waals surface area contributed by atoms with Gasteiger partial charge >= 0.3 is 0 Å². The minimum absolute atomic E-state index is 0.326. The van der Waals surface area contributed by atoms with Gasteiger partial charge in [-0.3, -0.25) is 4.98 Å². The molecule has 4 aromatic rings. The minimum atomic E-state index is 0.326. The fraction of sp³-hybridized carbons (Fsp3) is 0.200. The molecule has 0 amide bonds. The highest BCUT2D eigenvalue weighted by Gasteiger charge is 2.47. The van der Waals surface area contributed by atoms with Crippen molar-refractivity contribution in [3.8, 4) is 5.75 Å². The van der Waals surface area contributed by atoms with Crippen LogP contribution in [0.4, 0.5) is 11.4 Å². The number of fused-ring (bicyclic) bond motifs is 3. The number of benzene rings is 2. The van der Waals surface area contributed by atoms with Crippen molar-refractivity contribution >= 4 is 55.6 Å². The summed E-state index contributed by atoms with van der Waals surface area (Å²) < 4.78 is 7.55. The van der Waals surface area contributed by atoms with E-state index in [4.69, 9.17) is 4.74 Å². The Balaban J connectivity index is 1.44. The van der Waals surface area contributed by atoms with E-state index in [1.54, 1.807) is 11.3 Å². The molecule has 3 heterocycles. The van der Waals surface area contributed by atoms with E-state index in [1.165, 1.54) is 22.4 Å². The van der Waals surface area contributed by atoms with E-state index in [2.05, 4.69) is 45.6 Å². The van der Waals surface area contributed by atoms with Gasteiger partial charge in [0.25, 0.3) is 0 Å². The fourth-order valence-corrected chi connectivity index (χ4v) is 5.35. The zero-order valence-corrected chi connectivity index (χ0v) is 15.5. The van der Waals surface area contributed by atoms with E-state index in [0.717, 1.165) is 40.2 Å². The van der Waals surface area contributed by atoms with E-state index in [9.17, 15) is 0 Å². The van der Waals surface area contributed by atoms with Crippen molar-refractivity contribution in [2.45, 2.75) is 22.5 Å². The Labute approximate surface area is 158 Å². The van der Waals surface area contributed by atoms with Crippen LogP contribution in [0.1, 0.15) is 12.8 Å². The molecule has 0 saturated heterocycles. The van der Waals surface area contributed by atoms with Crippen molar-refractivity contribution in [3.05, 3.63) is 48.1 Å². The molecule has 2 aromatic carbocycles. The summed E-state index contributed by atoms with van der Waals surface area (Å²) in [5, 5.41) is 4.67. The molecule has 2 aromatic heterocycles. The van der Waals surface area contributed by atoms with Crippen LogP contribution in [0.5, 0.6) is 5.75 Å². The number of rotatable bonds is 2. The summed E-state index contributed by atoms with van der Waals surface area (Å²) in [4.78, 5) is 10.2. The monoisotopic (exact) mass is 377 g/mol. The smallest absolute Gasteiger partial charge is 0.135 e. The standard InChI is InChI=1S/C20H15N3OS2/c1-2-18-16(22-11-25-18)7-12(1)23-14-3-6-21-15-9-17-19(8-13(14)15)26-20(4-5-20)10-24-17/h1-3,6-9,11H,4-5,10H2,(H,21,23). The highest BCUT2D eigenvalue weighted by atomic mass is 32.2. The van der Waals surface area contributed by atoms with Crippen LogP contribution in [-0.2, 0) is 0 Å². The van der Waals surface area contributed by atoms with E-state index in [0.29, 0.717) is 4.75 Å². The van der Waals surface area contributed by atoms with Gasteiger partial charge in [0.05, 0.1) is 30.9 Å². The maximum absolute atomic E-state index is 6.02. The first-order valence-electron chi connectivity index (χ1n) is 8.63. The van der Waals surface area contributed by atoms with Crippen molar-refractivity contribution in [3.63, 3.8) is 0 Å². The average molecular weight is 377 g/mol. The van der Waals surface area contributed by atoms with Crippen molar-refractivity contribution in [1.82, 2.24) is 9.97 Å². The molecular formula is C20H15N3OS2. The molecule has 0 radical (unpaired) electrons. The van der Waals surface area contributed by atoms with E-state index in [1.807, 2.05) is 29.5 Å². The third-order valence-corrected chi connectivity index (χ3v) is 7.35. The molecule has 1 aliphatic carbocycles. The first-order valence-corrected chi connectivity index (χ1v) is 10.3. The van der Waals surface area contributed by atoms with Crippen molar-refractivity contribution in [2.24, 2.45) is 0 Å². The zero-order valence-electron chi connectivity index (χ0n) is 13.9. The molecule has 128 valence electrons. The topological polar surface area (TPSA) is 47.0 Å². The van der Waals surface area contributed by atoms with Crippen LogP contribution in [0.3, 0.4) is 0 Å². The summed E-state index contributed by atoms with van der Waals surface area (Å²) in [5.41, 5.74) is 5.96. The van der Waals surface area contributed by atoms with Gasteiger partial charge < -0.3 is 10.1 Å². The second-order valence-corrected chi connectivity index (χ2v) is 9.30. The largest absolute Gasteiger partial charge is 0.491 e. The number of aromatic nitrogens is 2. The average Bonchev–Trinajstić information content (AvgIpc) is 3.23. The Hall–Kier alpha value is -2.31. The second kappa shape index (κ2) is 5.34. The minimum Gasteiger partial charge on any atom is -0.491 e. The normalized spacial score (nSPS) is 17.2. The van der Waals surface area contributed by atoms with Gasteiger partial charge in [0, 0.05) is 29.0 Å². The van der Waals surface area contributed by atoms with Gasteiger partial charge in [-0.15, -0.1) is 23.1 Å². The van der Waals surface area contributed by atoms with Crippen LogP contribution in [0.15, 0.2) is 53.0 Å². The number of nitrogens with one attached hydrogen (secondary N) is 1. The molecule has 6 heteroatoms. The van der Waals surface area contributed by atoms with Gasteiger partial charge in [0.15, 0.2) is 0 Å². The molecule has 1 N–H and O–H groups in total. The van der Waals surface area contributed by atoms with Gasteiger partial charge in [-0.25, -0.2) is 4.98 Å². The molecule has 1 fully saturated rings. The fourth-order valence-electron chi connectivity index (χ4n) is 3.40. The summed E-state index contributed by atoms with van der Waals surface area (Å²) in [7, 11) is 0. The van der Waals surface area contributed by atoms with Crippen LogP contribution in [-0.4, -0.2) is 21.3 Å². The first kappa shape index (κ1) is 14.8. The Bertz CT molecular complexity index is 1170. The van der Waals surface area contributed by atoms with Gasteiger partial charge in [-0.1, -0.05) is 0 Å². The quantitative estimate of drug-likeness (QED) is 0.492. The Morgan fingerprint density at radius 3 is 2.92 bits per heavy atom. The van der Waals surface area contributed by atoms with Crippen molar-refractivity contribution in [1.29, 1.82) is 0 Å². The summed E-state index contributed by atoms with van der Waals surface area (Å²) in [5.74, 6) is 0.966. The lowest BCUT2D eigenvalue weighted by Gasteiger charge is -2.25. The maximum atomic E-state index is 6.02. The van der Waals surface area contributed by atoms with Crippen LogP contribution in [0.2, 0.25) is 0 Å². The molecule has 0 bridgehead atoms. The van der Waals surface area contributed by atoms with Gasteiger partial charge in [0.1, 0.15) is 12.4 Å². The van der Waals surface area contributed by atoms with Crippen LogP contribution < -0.4 is 10.1 Å². The number of thioether (sulfide) groups is 1. The molecule has 26 heavy (non-hydrogen) atoms. The SMILES string of the molecule is c1cc(Nc2ccc3scnc3c2)c2cc3c(cc2n1)OCC1(CC1)S3. The second-order valence-electron chi connectivity index (χ2n) is 6.91. The third kappa shape index (κ3) is 2.36. The lowest BCUT2D eigenvalue weighted by atomic mass is 10.1. The molecule has 1 spiro atoms. The lowest BCUT2D eigenvalue weighted by Crippen LogP contribution is -2.20. The molecule has 1 aliphatic heterocycles. The number of hydrogen-bond acceptors (Lipinski definition) is 6. The molecular weight excluding hydrogens is 362 g/mol. The molecule has 0 unspecified atom stereocenters. The molecule has 6 rings (SSSR count). The van der Waals surface area contributed by atoms with Crippen LogP contribution >= 0.6 is 23.1 Å². The van der Waals surface area contributed by atoms with E-state index in [-0.39, 0.29) is 0 Å². The molecule has 0 atom stereocenters. The maximum Gasteiger partial charge on any atom is 0.135 e. The third-order valence-electron chi connectivity index (χ3n) is 5.04. The first-order chi connectivity index (χ1) is 12.8. The number of ether oxygens (including phenoxy) is 1. The summed E-state index contributed by atoms with van der Waals surface area (Å²) >= 11 is 3.63. The summed E-state index contributed by atoms with van der Waals surface area (Å²) in [6.45, 7) is 0.821. The number of hydrogen-bond donors (Lipinski definition) is 1. The van der Waals surface area contributed by atoms with Gasteiger partial charge in [-0.2, -0.15) is 0 Å². The number of pyridine rings is 1. The number of thiazole rings is 1. The van der Waals surface area contributed by atoms with Crippen LogP contribution in [0, 0.1) is 0 Å². The lowest BCUT2D eigenvalue weighted by molar-refractivity contribution is 0.297. The summed E-state index contributed by atoms with van der Waals surface area (Å²) in [6.07, 6.45) is 4.35. The van der Waals surface area contributed by atoms with E-state index >= 15 is 0 Å².